The molecule has 1 aliphatic heterocycles. The van der Waals surface area contributed by atoms with Crippen LogP contribution in [0.25, 0.3) is 0 Å². The van der Waals surface area contributed by atoms with Crippen LogP contribution < -0.4 is 0 Å². The Hall–Kier alpha value is -1.20. The lowest BCUT2D eigenvalue weighted by Crippen LogP contribution is -2.45. The number of benzene rings is 1. The predicted octanol–water partition coefficient (Wildman–Crippen LogP) is 3.61. The average Bonchev–Trinajstić information content (AvgIpc) is 2.54. The first-order chi connectivity index (χ1) is 11.9. The molecule has 0 amide bonds. The summed E-state index contributed by atoms with van der Waals surface area (Å²) in [6.45, 7) is 7.39. The summed E-state index contributed by atoms with van der Waals surface area (Å²) in [4.78, 5) is 0. The van der Waals surface area contributed by atoms with Crippen LogP contribution in [0.1, 0.15) is 51.5 Å². The van der Waals surface area contributed by atoms with Crippen molar-refractivity contribution in [3.8, 4) is 0 Å². The van der Waals surface area contributed by atoms with E-state index >= 15 is 0 Å². The number of aliphatic hydroxyl groups excluding tert-OH is 2. The van der Waals surface area contributed by atoms with E-state index in [1.807, 2.05) is 19.9 Å². The van der Waals surface area contributed by atoms with Gasteiger partial charge in [0.15, 0.2) is 5.79 Å². The van der Waals surface area contributed by atoms with Gasteiger partial charge in [-0.1, -0.05) is 36.4 Å². The number of aryl methyl sites for hydroxylation is 1. The molecule has 1 saturated heterocycles. The molecular weight excluding hydrogens is 316 g/mol. The maximum Gasteiger partial charge on any atom is 0.163 e. The standard InChI is InChI=1S/C21H32O4/c1-4-17(22)13-18(23)14-20-15-19(24-21(2,3)25-20)12-8-11-16-9-6-5-7-10-16/h4-7,9-10,17-20,22-23H,1,8,11-15H2,2-3H3/t17-,18-,19+,20-/m0/s1. The second kappa shape index (κ2) is 9.48. The van der Waals surface area contributed by atoms with Crippen LogP contribution in [0.3, 0.4) is 0 Å². The second-order valence-corrected chi connectivity index (χ2v) is 7.42. The van der Waals surface area contributed by atoms with Crippen molar-refractivity contribution in [3.05, 3.63) is 48.6 Å². The fraction of sp³-hybridized carbons (Fsp3) is 0.619. The monoisotopic (exact) mass is 348 g/mol. The average molecular weight is 348 g/mol. The van der Waals surface area contributed by atoms with Gasteiger partial charge in [-0.05, 0) is 45.1 Å². The molecule has 1 aliphatic rings. The van der Waals surface area contributed by atoms with Crippen molar-refractivity contribution in [2.45, 2.75) is 82.6 Å². The minimum Gasteiger partial charge on any atom is -0.393 e. The molecular formula is C21H32O4. The van der Waals surface area contributed by atoms with E-state index in [2.05, 4.69) is 30.8 Å². The molecule has 0 unspecified atom stereocenters. The first-order valence-electron chi connectivity index (χ1n) is 9.26. The van der Waals surface area contributed by atoms with Crippen molar-refractivity contribution in [2.24, 2.45) is 0 Å². The molecule has 4 atom stereocenters. The molecule has 0 aromatic heterocycles. The Balaban J connectivity index is 1.81. The highest BCUT2D eigenvalue weighted by atomic mass is 16.7. The van der Waals surface area contributed by atoms with E-state index in [-0.39, 0.29) is 12.2 Å². The van der Waals surface area contributed by atoms with Gasteiger partial charge in [0.25, 0.3) is 0 Å². The topological polar surface area (TPSA) is 58.9 Å². The number of rotatable bonds is 9. The van der Waals surface area contributed by atoms with Crippen LogP contribution in [-0.4, -0.2) is 40.4 Å². The molecule has 25 heavy (non-hydrogen) atoms. The summed E-state index contributed by atoms with van der Waals surface area (Å²) in [6, 6.07) is 10.5. The quantitative estimate of drug-likeness (QED) is 0.669. The first-order valence-corrected chi connectivity index (χ1v) is 9.26. The Labute approximate surface area is 151 Å². The molecule has 0 bridgehead atoms. The lowest BCUT2D eigenvalue weighted by atomic mass is 9.96. The fourth-order valence-electron chi connectivity index (χ4n) is 3.49. The van der Waals surface area contributed by atoms with Gasteiger partial charge in [0.05, 0.1) is 24.4 Å². The summed E-state index contributed by atoms with van der Waals surface area (Å²) in [5, 5.41) is 19.7. The third kappa shape index (κ3) is 7.28. The normalized spacial score (nSPS) is 25.3. The van der Waals surface area contributed by atoms with Gasteiger partial charge >= 0.3 is 0 Å². The van der Waals surface area contributed by atoms with E-state index in [9.17, 15) is 10.2 Å². The Bertz CT molecular complexity index is 514. The highest BCUT2D eigenvalue weighted by molar-refractivity contribution is 5.14. The van der Waals surface area contributed by atoms with Gasteiger partial charge in [-0.3, -0.25) is 0 Å². The van der Waals surface area contributed by atoms with E-state index in [1.54, 1.807) is 0 Å². The van der Waals surface area contributed by atoms with Crippen LogP contribution in [0.4, 0.5) is 0 Å². The van der Waals surface area contributed by atoms with E-state index < -0.39 is 18.0 Å². The third-order valence-corrected chi connectivity index (χ3v) is 4.58. The molecule has 1 heterocycles. The van der Waals surface area contributed by atoms with Crippen molar-refractivity contribution in [3.63, 3.8) is 0 Å². The van der Waals surface area contributed by atoms with Gasteiger partial charge in [-0.25, -0.2) is 0 Å². The molecule has 2 rings (SSSR count). The van der Waals surface area contributed by atoms with Gasteiger partial charge in [-0.15, -0.1) is 6.58 Å². The van der Waals surface area contributed by atoms with Crippen LogP contribution in [0.15, 0.2) is 43.0 Å². The summed E-state index contributed by atoms with van der Waals surface area (Å²) < 4.78 is 12.0. The van der Waals surface area contributed by atoms with Crippen molar-refractivity contribution in [1.82, 2.24) is 0 Å². The van der Waals surface area contributed by atoms with Crippen LogP contribution in [0.5, 0.6) is 0 Å². The second-order valence-electron chi connectivity index (χ2n) is 7.42. The molecule has 0 spiro atoms. The van der Waals surface area contributed by atoms with Crippen LogP contribution >= 0.6 is 0 Å². The molecule has 4 nitrogen and oxygen atoms in total. The minimum atomic E-state index is -0.676. The molecule has 0 saturated carbocycles. The van der Waals surface area contributed by atoms with Gasteiger partial charge < -0.3 is 19.7 Å². The molecule has 4 heteroatoms. The van der Waals surface area contributed by atoms with Crippen molar-refractivity contribution in [2.75, 3.05) is 0 Å². The molecule has 1 fully saturated rings. The Morgan fingerprint density at radius 1 is 1.20 bits per heavy atom. The van der Waals surface area contributed by atoms with Gasteiger partial charge in [0, 0.05) is 12.8 Å². The van der Waals surface area contributed by atoms with Gasteiger partial charge in [0.1, 0.15) is 0 Å². The third-order valence-electron chi connectivity index (χ3n) is 4.58. The van der Waals surface area contributed by atoms with Crippen molar-refractivity contribution < 1.29 is 19.7 Å². The maximum absolute atomic E-state index is 10.2. The SMILES string of the molecule is C=C[C@H](O)C[C@H](O)C[C@H]1C[C@@H](CCCc2ccccc2)OC(C)(C)O1. The minimum absolute atomic E-state index is 0.0579. The zero-order valence-corrected chi connectivity index (χ0v) is 15.4. The molecule has 0 radical (unpaired) electrons. The highest BCUT2D eigenvalue weighted by Gasteiger charge is 2.36. The first kappa shape index (κ1) is 20.1. The van der Waals surface area contributed by atoms with Crippen LogP contribution in [-0.2, 0) is 15.9 Å². The Kier molecular flexibility index (Phi) is 7.63. The molecule has 1 aromatic rings. The lowest BCUT2D eigenvalue weighted by Gasteiger charge is -2.41. The number of hydrogen-bond acceptors (Lipinski definition) is 4. The molecule has 0 aliphatic carbocycles. The zero-order valence-electron chi connectivity index (χ0n) is 15.4. The van der Waals surface area contributed by atoms with Crippen LogP contribution in [0, 0.1) is 0 Å². The number of hydrogen-bond donors (Lipinski definition) is 2. The predicted molar refractivity (Wildman–Crippen MR) is 99.3 cm³/mol. The van der Waals surface area contributed by atoms with Gasteiger partial charge in [-0.2, -0.15) is 0 Å². The van der Waals surface area contributed by atoms with Crippen molar-refractivity contribution >= 4 is 0 Å². The summed E-state index contributed by atoms with van der Waals surface area (Å²) >= 11 is 0. The summed E-state index contributed by atoms with van der Waals surface area (Å²) in [5.74, 6) is -0.642. The number of ether oxygens (including phenoxy) is 2. The maximum atomic E-state index is 10.2. The van der Waals surface area contributed by atoms with E-state index in [0.717, 1.165) is 25.7 Å². The summed E-state index contributed by atoms with van der Waals surface area (Å²) in [6.07, 6.45) is 4.91. The van der Waals surface area contributed by atoms with Crippen LogP contribution in [0.2, 0.25) is 0 Å². The summed E-state index contributed by atoms with van der Waals surface area (Å²) in [5.41, 5.74) is 1.35. The summed E-state index contributed by atoms with van der Waals surface area (Å²) in [7, 11) is 0. The highest BCUT2D eigenvalue weighted by Crippen LogP contribution is 2.31. The molecule has 140 valence electrons. The fourth-order valence-corrected chi connectivity index (χ4v) is 3.49. The van der Waals surface area contributed by atoms with Crippen molar-refractivity contribution in [1.29, 1.82) is 0 Å². The smallest absolute Gasteiger partial charge is 0.163 e. The van der Waals surface area contributed by atoms with E-state index in [0.29, 0.717) is 12.8 Å². The number of aliphatic hydroxyl groups is 2. The van der Waals surface area contributed by atoms with Gasteiger partial charge in [0.2, 0.25) is 0 Å². The zero-order chi connectivity index (χ0) is 18.3. The molecule has 1 aromatic carbocycles. The van der Waals surface area contributed by atoms with E-state index in [4.69, 9.17) is 9.47 Å². The largest absolute Gasteiger partial charge is 0.393 e. The van der Waals surface area contributed by atoms with E-state index in [1.165, 1.54) is 11.6 Å². The Morgan fingerprint density at radius 3 is 2.56 bits per heavy atom. The molecule has 2 N–H and O–H groups in total. The Morgan fingerprint density at radius 2 is 1.88 bits per heavy atom. The lowest BCUT2D eigenvalue weighted by molar-refractivity contribution is -0.303.